The third-order valence-electron chi connectivity index (χ3n) is 6.69. The second-order valence-electron chi connectivity index (χ2n) is 9.66. The van der Waals surface area contributed by atoms with Crippen molar-refractivity contribution in [1.29, 1.82) is 0 Å². The fourth-order valence-corrected chi connectivity index (χ4v) is 5.69. The molecule has 16 heteroatoms. The van der Waals surface area contributed by atoms with Crippen molar-refractivity contribution in [3.8, 4) is 28.2 Å². The monoisotopic (exact) mass is 651 g/mol. The molecule has 5 aromatic rings. The number of aryl methyl sites for hydroxylation is 1. The average molecular weight is 652 g/mol. The summed E-state index contributed by atoms with van der Waals surface area (Å²) in [6, 6.07) is 20.4. The Kier molecular flexibility index (Phi) is 8.44. The van der Waals surface area contributed by atoms with E-state index in [0.29, 0.717) is 29.1 Å². The van der Waals surface area contributed by atoms with Gasteiger partial charge in [-0.25, -0.2) is 4.68 Å². The second kappa shape index (κ2) is 12.0. The quantitative estimate of drug-likeness (QED) is 0.160. The molecule has 0 aliphatic rings. The summed E-state index contributed by atoms with van der Waals surface area (Å²) >= 11 is 6.31. The van der Waals surface area contributed by atoms with Gasteiger partial charge in [0.05, 0.1) is 16.4 Å². The summed E-state index contributed by atoms with van der Waals surface area (Å²) < 4.78 is 95.5. The van der Waals surface area contributed by atoms with Crippen LogP contribution < -0.4 is 4.72 Å². The molecule has 3 aromatic carbocycles. The average Bonchev–Trinajstić information content (AvgIpc) is 3.63. The van der Waals surface area contributed by atoms with Crippen molar-refractivity contribution >= 4 is 27.4 Å². The summed E-state index contributed by atoms with van der Waals surface area (Å²) in [6.07, 6.45) is -5.63. The molecule has 0 saturated heterocycles. The van der Waals surface area contributed by atoms with Crippen LogP contribution in [0, 0.1) is 0 Å². The van der Waals surface area contributed by atoms with Gasteiger partial charge in [0.2, 0.25) is 5.82 Å². The van der Waals surface area contributed by atoms with E-state index >= 15 is 0 Å². The van der Waals surface area contributed by atoms with Crippen LogP contribution in [0.4, 0.5) is 27.8 Å². The third kappa shape index (κ3) is 5.88. The van der Waals surface area contributed by atoms with Crippen LogP contribution >= 0.6 is 11.6 Å². The minimum atomic E-state index is -6.37. The first-order valence-corrected chi connectivity index (χ1v) is 14.9. The summed E-state index contributed by atoms with van der Waals surface area (Å²) in [4.78, 5) is 0. The summed E-state index contributed by atoms with van der Waals surface area (Å²) in [7, 11) is -6.33. The van der Waals surface area contributed by atoms with Gasteiger partial charge in [0.1, 0.15) is 5.82 Å². The van der Waals surface area contributed by atoms with Gasteiger partial charge >= 0.3 is 21.5 Å². The number of alkyl halides is 5. The Balaban J connectivity index is 1.60. The van der Waals surface area contributed by atoms with E-state index in [1.165, 1.54) is 22.9 Å². The highest BCUT2D eigenvalue weighted by molar-refractivity contribution is 7.93. The van der Waals surface area contributed by atoms with E-state index in [4.69, 9.17) is 11.6 Å². The van der Waals surface area contributed by atoms with E-state index in [-0.39, 0.29) is 29.1 Å². The number of anilines is 1. The molecule has 0 radical (unpaired) electrons. The fraction of sp³-hybridized carbons (Fsp3) is 0.214. The zero-order chi connectivity index (χ0) is 31.7. The van der Waals surface area contributed by atoms with Gasteiger partial charge in [0.15, 0.2) is 0 Å². The standard InChI is InChI=1S/C28H23ClF5N7O2S/c1-2-7-23-21(16-17-12-14-18(15-13-17)19-8-3-4-9-20(19)25-35-39-40-36-25)26(38-44(42,43)28(33,34)27(30,31)32)41(37-23)24-11-6-5-10-22(24)29/h3-6,8-15,38H,2,7,16H2,1H3,(H,35,36,39,40). The van der Waals surface area contributed by atoms with Gasteiger partial charge < -0.3 is 0 Å². The van der Waals surface area contributed by atoms with Crippen molar-refractivity contribution in [2.24, 2.45) is 0 Å². The molecule has 0 spiro atoms. The fourth-order valence-electron chi connectivity index (χ4n) is 4.58. The molecule has 0 bridgehead atoms. The maximum absolute atomic E-state index is 14.2. The van der Waals surface area contributed by atoms with Crippen LogP contribution in [-0.4, -0.2) is 50.3 Å². The Morgan fingerprint density at radius 2 is 1.59 bits per heavy atom. The molecule has 0 aliphatic carbocycles. The van der Waals surface area contributed by atoms with E-state index < -0.39 is 27.3 Å². The van der Waals surface area contributed by atoms with Crippen molar-refractivity contribution in [2.45, 2.75) is 37.6 Å². The second-order valence-corrected chi connectivity index (χ2v) is 11.8. The van der Waals surface area contributed by atoms with E-state index in [1.54, 1.807) is 30.3 Å². The number of para-hydroxylation sites is 1. The Bertz CT molecular complexity index is 1880. The highest BCUT2D eigenvalue weighted by Gasteiger charge is 2.68. The van der Waals surface area contributed by atoms with Crippen LogP contribution in [0.2, 0.25) is 5.02 Å². The van der Waals surface area contributed by atoms with Gasteiger partial charge in [-0.05, 0) is 40.5 Å². The lowest BCUT2D eigenvalue weighted by molar-refractivity contribution is -0.241. The molecule has 0 atom stereocenters. The van der Waals surface area contributed by atoms with Crippen molar-refractivity contribution in [3.05, 3.63) is 94.6 Å². The SMILES string of the molecule is CCCc1nn(-c2ccccc2Cl)c(NS(=O)(=O)C(F)(F)C(F)(F)F)c1Cc1ccc(-c2ccccc2-c2nn[nH]n2)cc1. The third-order valence-corrected chi connectivity index (χ3v) is 8.38. The first-order valence-electron chi connectivity index (χ1n) is 13.1. The first-order chi connectivity index (χ1) is 20.8. The predicted octanol–water partition coefficient (Wildman–Crippen LogP) is 6.81. The molecule has 0 unspecified atom stereocenters. The molecular formula is C28H23ClF5N7O2S. The zero-order valence-electron chi connectivity index (χ0n) is 22.8. The van der Waals surface area contributed by atoms with Crippen molar-refractivity contribution in [3.63, 3.8) is 0 Å². The first kappa shape index (κ1) is 31.1. The lowest BCUT2D eigenvalue weighted by Crippen LogP contribution is -2.47. The number of hydrogen-bond acceptors (Lipinski definition) is 6. The van der Waals surface area contributed by atoms with Gasteiger partial charge in [-0.15, -0.1) is 10.2 Å². The van der Waals surface area contributed by atoms with E-state index in [2.05, 4.69) is 25.7 Å². The maximum atomic E-state index is 14.2. The van der Waals surface area contributed by atoms with Crippen LogP contribution in [0.1, 0.15) is 30.2 Å². The molecule has 230 valence electrons. The van der Waals surface area contributed by atoms with Crippen LogP contribution in [0.3, 0.4) is 0 Å². The van der Waals surface area contributed by atoms with Gasteiger partial charge in [0.25, 0.3) is 0 Å². The Morgan fingerprint density at radius 3 is 2.20 bits per heavy atom. The van der Waals surface area contributed by atoms with Gasteiger partial charge in [0, 0.05) is 17.5 Å². The number of benzene rings is 3. The zero-order valence-corrected chi connectivity index (χ0v) is 24.4. The highest BCUT2D eigenvalue weighted by Crippen LogP contribution is 2.42. The van der Waals surface area contributed by atoms with Gasteiger partial charge in [-0.1, -0.05) is 85.6 Å². The Hall–Kier alpha value is -4.37. The molecule has 0 fully saturated rings. The molecule has 44 heavy (non-hydrogen) atoms. The molecular weight excluding hydrogens is 629 g/mol. The molecule has 0 aliphatic heterocycles. The van der Waals surface area contributed by atoms with Crippen LogP contribution in [0.5, 0.6) is 0 Å². The smallest absolute Gasteiger partial charge is 0.262 e. The van der Waals surface area contributed by atoms with Gasteiger partial charge in [-0.3, -0.25) is 4.72 Å². The number of tetrazole rings is 1. The van der Waals surface area contributed by atoms with Crippen LogP contribution in [0.15, 0.2) is 72.8 Å². The molecule has 2 N–H and O–H groups in total. The maximum Gasteiger partial charge on any atom is 0.471 e. The number of hydrogen-bond donors (Lipinski definition) is 2. The minimum absolute atomic E-state index is 0.0536. The van der Waals surface area contributed by atoms with Crippen molar-refractivity contribution in [1.82, 2.24) is 30.4 Å². The number of rotatable bonds is 10. The Morgan fingerprint density at radius 1 is 0.932 bits per heavy atom. The summed E-state index contributed by atoms with van der Waals surface area (Å²) in [6.45, 7) is 1.82. The number of nitrogens with one attached hydrogen (secondary N) is 2. The predicted molar refractivity (Wildman–Crippen MR) is 154 cm³/mol. The number of halogens is 6. The molecule has 2 aromatic heterocycles. The topological polar surface area (TPSA) is 118 Å². The highest BCUT2D eigenvalue weighted by atomic mass is 35.5. The van der Waals surface area contributed by atoms with Crippen LogP contribution in [0.25, 0.3) is 28.2 Å². The van der Waals surface area contributed by atoms with E-state index in [1.807, 2.05) is 31.2 Å². The van der Waals surface area contributed by atoms with Crippen molar-refractivity contribution < 1.29 is 30.4 Å². The minimum Gasteiger partial charge on any atom is -0.262 e. The lowest BCUT2D eigenvalue weighted by atomic mass is 9.96. The largest absolute Gasteiger partial charge is 0.471 e. The Labute approximate surface area is 253 Å². The summed E-state index contributed by atoms with van der Waals surface area (Å²) in [5.74, 6) is -0.189. The molecule has 2 heterocycles. The normalized spacial score (nSPS) is 12.4. The number of H-pyrrole nitrogens is 1. The molecule has 0 saturated carbocycles. The van der Waals surface area contributed by atoms with Gasteiger partial charge in [-0.2, -0.15) is 40.7 Å². The molecule has 9 nitrogen and oxygen atoms in total. The summed E-state index contributed by atoms with van der Waals surface area (Å²) in [5, 5.41) is 12.5. The number of aromatic nitrogens is 6. The van der Waals surface area contributed by atoms with E-state index in [9.17, 15) is 30.4 Å². The van der Waals surface area contributed by atoms with Crippen LogP contribution in [-0.2, 0) is 22.9 Å². The summed E-state index contributed by atoms with van der Waals surface area (Å²) in [5.41, 5.74) is 3.38. The molecule has 5 rings (SSSR count). The number of nitrogens with zero attached hydrogens (tertiary/aromatic N) is 5. The number of sulfonamides is 1. The molecule has 0 amide bonds. The van der Waals surface area contributed by atoms with Crippen molar-refractivity contribution in [2.75, 3.05) is 4.72 Å². The van der Waals surface area contributed by atoms with E-state index in [0.717, 1.165) is 15.8 Å². The number of aromatic amines is 1. The lowest BCUT2D eigenvalue weighted by Gasteiger charge is -2.21.